The minimum Gasteiger partial charge on any atom is -0.295 e. The number of hydrogen-bond acceptors (Lipinski definition) is 5. The summed E-state index contributed by atoms with van der Waals surface area (Å²) < 4.78 is 66.9. The molecule has 10 heteroatoms. The van der Waals surface area contributed by atoms with Crippen LogP contribution in [0.25, 0.3) is 11.0 Å². The Bertz CT molecular complexity index is 1490. The van der Waals surface area contributed by atoms with Crippen LogP contribution < -0.4 is 5.56 Å². The Labute approximate surface area is 207 Å². The number of rotatable bonds is 5. The fraction of sp³-hybridized carbons (Fsp3) is 0.500. The SMILES string of the molecule is C[C@@H](Cc1ncnc2c1cc([C@H]1CC[C@@H]3CS(=O)(=O)C[C@@H]3C1)c(=O)n2C)c1cccc(C(F)F)c1F. The number of benzene rings is 1. The summed E-state index contributed by atoms with van der Waals surface area (Å²) in [7, 11) is -1.38. The van der Waals surface area contributed by atoms with Gasteiger partial charge in [-0.3, -0.25) is 9.36 Å². The van der Waals surface area contributed by atoms with Crippen molar-refractivity contribution in [2.24, 2.45) is 18.9 Å². The van der Waals surface area contributed by atoms with E-state index in [0.29, 0.717) is 28.7 Å². The summed E-state index contributed by atoms with van der Waals surface area (Å²) in [5.74, 6) is -0.777. The zero-order chi connectivity index (χ0) is 25.8. The van der Waals surface area contributed by atoms with Gasteiger partial charge in [0.25, 0.3) is 12.0 Å². The van der Waals surface area contributed by atoms with Crippen LogP contribution in [0.3, 0.4) is 0 Å². The molecule has 5 rings (SSSR count). The molecule has 2 aromatic heterocycles. The highest BCUT2D eigenvalue weighted by molar-refractivity contribution is 7.91. The monoisotopic (exact) mass is 519 g/mol. The first-order valence-corrected chi connectivity index (χ1v) is 14.0. The Kier molecular flexibility index (Phi) is 6.43. The Morgan fingerprint density at radius 3 is 2.58 bits per heavy atom. The molecule has 1 saturated carbocycles. The maximum absolute atomic E-state index is 14.8. The van der Waals surface area contributed by atoms with Gasteiger partial charge < -0.3 is 0 Å². The summed E-state index contributed by atoms with van der Waals surface area (Å²) in [6, 6.07) is 5.82. The summed E-state index contributed by atoms with van der Waals surface area (Å²) in [6.07, 6.45) is 0.875. The molecule has 4 atom stereocenters. The second-order valence-corrected chi connectivity index (χ2v) is 12.4. The molecule has 192 valence electrons. The summed E-state index contributed by atoms with van der Waals surface area (Å²) in [4.78, 5) is 22.0. The standard InChI is InChI=1S/C26H28F3N3O3S/c1-14(18-4-3-5-19(23(18)27)24(28)29)8-22-21-10-20(26(33)32(2)25(21)31-13-30-22)15-6-7-16-11-36(34,35)12-17(16)9-15/h3-5,10,13-17,24H,6-9,11-12H2,1-2H3/t14-,15-,16+,17-/m0/s1. The van der Waals surface area contributed by atoms with Crippen LogP contribution in [0.15, 0.2) is 35.4 Å². The highest BCUT2D eigenvalue weighted by Gasteiger charge is 2.42. The van der Waals surface area contributed by atoms with E-state index in [9.17, 15) is 26.4 Å². The first kappa shape index (κ1) is 24.9. The predicted molar refractivity (Wildman–Crippen MR) is 130 cm³/mol. The average molecular weight is 520 g/mol. The predicted octanol–water partition coefficient (Wildman–Crippen LogP) is 4.68. The van der Waals surface area contributed by atoms with Crippen molar-refractivity contribution in [1.82, 2.24) is 14.5 Å². The van der Waals surface area contributed by atoms with Gasteiger partial charge in [0.15, 0.2) is 9.84 Å². The van der Waals surface area contributed by atoms with E-state index in [-0.39, 0.29) is 46.8 Å². The van der Waals surface area contributed by atoms with Crippen molar-refractivity contribution in [2.45, 2.75) is 50.9 Å². The van der Waals surface area contributed by atoms with E-state index >= 15 is 0 Å². The Morgan fingerprint density at radius 1 is 1.11 bits per heavy atom. The lowest BCUT2D eigenvalue weighted by molar-refractivity contribution is 0.146. The molecule has 1 aromatic carbocycles. The Hall–Kier alpha value is -2.75. The smallest absolute Gasteiger partial charge is 0.266 e. The maximum atomic E-state index is 14.8. The van der Waals surface area contributed by atoms with Crippen molar-refractivity contribution in [2.75, 3.05) is 11.5 Å². The van der Waals surface area contributed by atoms with Crippen LogP contribution in [-0.4, -0.2) is 34.5 Å². The zero-order valence-electron chi connectivity index (χ0n) is 20.1. The van der Waals surface area contributed by atoms with Crippen molar-refractivity contribution < 1.29 is 21.6 Å². The van der Waals surface area contributed by atoms with Crippen molar-refractivity contribution in [3.8, 4) is 0 Å². The first-order chi connectivity index (χ1) is 17.1. The van der Waals surface area contributed by atoms with Crippen LogP contribution in [0.2, 0.25) is 0 Å². The van der Waals surface area contributed by atoms with Crippen molar-refractivity contribution in [1.29, 1.82) is 0 Å². The highest BCUT2D eigenvalue weighted by Crippen LogP contribution is 2.44. The number of aromatic nitrogens is 3. The highest BCUT2D eigenvalue weighted by atomic mass is 32.2. The number of fused-ring (bicyclic) bond motifs is 2. The van der Waals surface area contributed by atoms with Crippen LogP contribution in [0.4, 0.5) is 13.2 Å². The lowest BCUT2D eigenvalue weighted by Crippen LogP contribution is -2.29. The lowest BCUT2D eigenvalue weighted by atomic mass is 9.73. The molecule has 0 bridgehead atoms. The van der Waals surface area contributed by atoms with Gasteiger partial charge in [-0.1, -0.05) is 25.1 Å². The van der Waals surface area contributed by atoms with Gasteiger partial charge in [0.05, 0.1) is 22.8 Å². The van der Waals surface area contributed by atoms with E-state index in [2.05, 4.69) is 9.97 Å². The molecule has 1 saturated heterocycles. The fourth-order valence-corrected chi connectivity index (χ4v) is 8.36. The van der Waals surface area contributed by atoms with E-state index in [1.54, 1.807) is 20.0 Å². The van der Waals surface area contributed by atoms with Crippen LogP contribution in [0.5, 0.6) is 0 Å². The van der Waals surface area contributed by atoms with Crippen molar-refractivity contribution in [3.63, 3.8) is 0 Å². The molecule has 0 N–H and O–H groups in total. The summed E-state index contributed by atoms with van der Waals surface area (Å²) >= 11 is 0. The third-order valence-corrected chi connectivity index (χ3v) is 9.83. The molecule has 1 aliphatic heterocycles. The zero-order valence-corrected chi connectivity index (χ0v) is 20.9. The molecule has 0 amide bonds. The average Bonchev–Trinajstić information content (AvgIpc) is 3.14. The van der Waals surface area contributed by atoms with E-state index in [4.69, 9.17) is 0 Å². The second-order valence-electron chi connectivity index (χ2n) is 10.3. The topological polar surface area (TPSA) is 81.9 Å². The van der Waals surface area contributed by atoms with Gasteiger partial charge in [-0.25, -0.2) is 31.6 Å². The summed E-state index contributed by atoms with van der Waals surface area (Å²) in [5.41, 5.74) is 1.05. The van der Waals surface area contributed by atoms with Crippen molar-refractivity contribution >= 4 is 20.9 Å². The number of halogens is 3. The van der Waals surface area contributed by atoms with Gasteiger partial charge in [0.1, 0.15) is 17.8 Å². The normalized spacial score (nSPS) is 24.2. The summed E-state index contributed by atoms with van der Waals surface area (Å²) in [6.45, 7) is 1.76. The van der Waals surface area contributed by atoms with Crippen LogP contribution in [0.1, 0.15) is 66.8 Å². The van der Waals surface area contributed by atoms with Gasteiger partial charge >= 0.3 is 0 Å². The molecule has 0 radical (unpaired) electrons. The second kappa shape index (κ2) is 9.28. The van der Waals surface area contributed by atoms with Crippen molar-refractivity contribution in [3.05, 3.63) is 69.1 Å². The van der Waals surface area contributed by atoms with Crippen LogP contribution in [-0.2, 0) is 23.3 Å². The molecule has 0 spiro atoms. The third-order valence-electron chi connectivity index (χ3n) is 7.95. The van der Waals surface area contributed by atoms with Gasteiger partial charge in [0.2, 0.25) is 0 Å². The quantitative estimate of drug-likeness (QED) is 0.489. The first-order valence-electron chi connectivity index (χ1n) is 12.2. The van der Waals surface area contributed by atoms with E-state index in [1.807, 2.05) is 0 Å². The number of pyridine rings is 1. The molecule has 6 nitrogen and oxygen atoms in total. The van der Waals surface area contributed by atoms with E-state index in [0.717, 1.165) is 18.9 Å². The minimum absolute atomic E-state index is 0.0609. The number of hydrogen-bond donors (Lipinski definition) is 0. The van der Waals surface area contributed by atoms with Crippen LogP contribution >= 0.6 is 0 Å². The van der Waals surface area contributed by atoms with E-state index in [1.165, 1.54) is 23.0 Å². The minimum atomic E-state index is -3.03. The van der Waals surface area contributed by atoms with Gasteiger partial charge in [-0.05, 0) is 61.0 Å². The molecule has 1 aliphatic carbocycles. The number of aryl methyl sites for hydroxylation is 1. The van der Waals surface area contributed by atoms with Gasteiger partial charge in [0, 0.05) is 18.0 Å². The number of sulfone groups is 1. The molecule has 2 fully saturated rings. The molecule has 3 heterocycles. The molecule has 3 aromatic rings. The van der Waals surface area contributed by atoms with E-state index < -0.39 is 33.6 Å². The molecule has 0 unspecified atom stereocenters. The van der Waals surface area contributed by atoms with Gasteiger partial charge in [-0.15, -0.1) is 0 Å². The van der Waals surface area contributed by atoms with Crippen LogP contribution in [0, 0.1) is 17.7 Å². The number of nitrogens with zero attached hydrogens (tertiary/aromatic N) is 3. The molecular weight excluding hydrogens is 491 g/mol. The fourth-order valence-electron chi connectivity index (χ4n) is 6.07. The molecular formula is C26H28F3N3O3S. The number of alkyl halides is 2. The largest absolute Gasteiger partial charge is 0.295 e. The Morgan fingerprint density at radius 2 is 1.83 bits per heavy atom. The molecule has 36 heavy (non-hydrogen) atoms. The Balaban J connectivity index is 1.51. The van der Waals surface area contributed by atoms with Gasteiger partial charge in [-0.2, -0.15) is 0 Å². The molecule has 2 aliphatic rings. The maximum Gasteiger partial charge on any atom is 0.266 e. The third kappa shape index (κ3) is 4.44. The summed E-state index contributed by atoms with van der Waals surface area (Å²) in [5, 5.41) is 0.660. The lowest BCUT2D eigenvalue weighted by Gasteiger charge is -2.31.